The van der Waals surface area contributed by atoms with Crippen LogP contribution in [0.5, 0.6) is 5.75 Å². The summed E-state index contributed by atoms with van der Waals surface area (Å²) in [6.45, 7) is 2.88. The molecule has 0 radical (unpaired) electrons. The van der Waals surface area contributed by atoms with Crippen LogP contribution in [0.25, 0.3) is 0 Å². The monoisotopic (exact) mass is 348 g/mol. The van der Waals surface area contributed by atoms with Crippen LogP contribution in [0, 0.1) is 11.8 Å². The highest BCUT2D eigenvalue weighted by molar-refractivity contribution is 5.94. The van der Waals surface area contributed by atoms with Gasteiger partial charge in [0.05, 0.1) is 7.11 Å². The van der Waals surface area contributed by atoms with Gasteiger partial charge in [0.1, 0.15) is 5.75 Å². The molecule has 0 bridgehead atoms. The standard InChI is InChI=1S/C22H24N2O2/c1-26-21-10-7-19(8-11-21)17-24-15-13-20(14-16-24)23-22(25)12-9-18-5-3-2-4-6-18/h2-8,10-11,20H,13-17H2,1H3,(H,23,25). The highest BCUT2D eigenvalue weighted by Crippen LogP contribution is 2.16. The Morgan fingerprint density at radius 2 is 1.81 bits per heavy atom. The van der Waals surface area contributed by atoms with E-state index in [9.17, 15) is 4.79 Å². The van der Waals surface area contributed by atoms with E-state index in [0.29, 0.717) is 0 Å². The molecule has 1 fully saturated rings. The van der Waals surface area contributed by atoms with Crippen LogP contribution < -0.4 is 10.1 Å². The maximum Gasteiger partial charge on any atom is 0.296 e. The van der Waals surface area contributed by atoms with Crippen molar-refractivity contribution in [3.63, 3.8) is 0 Å². The van der Waals surface area contributed by atoms with Gasteiger partial charge in [0.15, 0.2) is 0 Å². The van der Waals surface area contributed by atoms with Gasteiger partial charge < -0.3 is 10.1 Å². The third-order valence-corrected chi connectivity index (χ3v) is 4.58. The fourth-order valence-corrected chi connectivity index (χ4v) is 3.10. The van der Waals surface area contributed by atoms with Crippen molar-refractivity contribution in [1.29, 1.82) is 0 Å². The number of carbonyl (C=O) groups is 1. The lowest BCUT2D eigenvalue weighted by Crippen LogP contribution is -2.44. The first-order valence-electron chi connectivity index (χ1n) is 8.96. The van der Waals surface area contributed by atoms with Gasteiger partial charge in [-0.25, -0.2) is 0 Å². The summed E-state index contributed by atoms with van der Waals surface area (Å²) in [4.78, 5) is 14.4. The second-order valence-corrected chi connectivity index (χ2v) is 6.49. The molecule has 0 aromatic heterocycles. The van der Waals surface area contributed by atoms with Crippen molar-refractivity contribution in [3.05, 3.63) is 65.7 Å². The molecule has 4 heteroatoms. The number of likely N-dealkylation sites (tertiary alicyclic amines) is 1. The molecule has 26 heavy (non-hydrogen) atoms. The Kier molecular flexibility index (Phi) is 6.29. The van der Waals surface area contributed by atoms with Crippen LogP contribution in [0.1, 0.15) is 24.0 Å². The molecule has 0 aliphatic carbocycles. The van der Waals surface area contributed by atoms with E-state index in [1.165, 1.54) is 5.56 Å². The number of rotatable bonds is 4. The predicted octanol–water partition coefficient (Wildman–Crippen LogP) is 2.83. The molecule has 1 heterocycles. The van der Waals surface area contributed by atoms with Gasteiger partial charge in [-0.2, -0.15) is 0 Å². The van der Waals surface area contributed by atoms with Crippen LogP contribution in [0.3, 0.4) is 0 Å². The molecule has 4 nitrogen and oxygen atoms in total. The van der Waals surface area contributed by atoms with Crippen molar-refractivity contribution in [3.8, 4) is 17.6 Å². The third kappa shape index (κ3) is 5.37. The van der Waals surface area contributed by atoms with Crippen molar-refractivity contribution in [1.82, 2.24) is 10.2 Å². The molecule has 2 aromatic carbocycles. The number of benzene rings is 2. The Balaban J connectivity index is 1.43. The zero-order valence-electron chi connectivity index (χ0n) is 15.1. The van der Waals surface area contributed by atoms with Gasteiger partial charge in [0, 0.05) is 37.2 Å². The van der Waals surface area contributed by atoms with Crippen molar-refractivity contribution in [2.45, 2.75) is 25.4 Å². The summed E-state index contributed by atoms with van der Waals surface area (Å²) in [6, 6.07) is 18.0. The van der Waals surface area contributed by atoms with Gasteiger partial charge >= 0.3 is 0 Å². The van der Waals surface area contributed by atoms with Gasteiger partial charge in [-0.1, -0.05) is 36.3 Å². The van der Waals surface area contributed by atoms with Gasteiger partial charge in [0.2, 0.25) is 0 Å². The van der Waals surface area contributed by atoms with Crippen molar-refractivity contribution >= 4 is 5.91 Å². The van der Waals surface area contributed by atoms with E-state index < -0.39 is 0 Å². The minimum absolute atomic E-state index is 0.192. The van der Waals surface area contributed by atoms with Crippen LogP contribution in [0.2, 0.25) is 0 Å². The molecule has 1 amide bonds. The van der Waals surface area contributed by atoms with Gasteiger partial charge in [-0.3, -0.25) is 9.69 Å². The number of hydrogen-bond donors (Lipinski definition) is 1. The van der Waals surface area contributed by atoms with E-state index in [0.717, 1.165) is 43.8 Å². The molecule has 1 saturated heterocycles. The number of carbonyl (C=O) groups excluding carboxylic acids is 1. The van der Waals surface area contributed by atoms with Crippen molar-refractivity contribution in [2.24, 2.45) is 0 Å². The molecular formula is C22H24N2O2. The first-order valence-corrected chi connectivity index (χ1v) is 8.96. The van der Waals surface area contributed by atoms with E-state index in [1.54, 1.807) is 7.11 Å². The molecular weight excluding hydrogens is 324 g/mol. The maximum absolute atomic E-state index is 12.0. The molecule has 0 atom stereocenters. The van der Waals surface area contributed by atoms with Gasteiger partial charge in [0.25, 0.3) is 5.91 Å². The average Bonchev–Trinajstić information content (AvgIpc) is 2.69. The zero-order chi connectivity index (χ0) is 18.2. The van der Waals surface area contributed by atoms with Crippen molar-refractivity contribution < 1.29 is 9.53 Å². The summed E-state index contributed by atoms with van der Waals surface area (Å²) < 4.78 is 5.19. The Morgan fingerprint density at radius 3 is 2.46 bits per heavy atom. The minimum Gasteiger partial charge on any atom is -0.497 e. The number of hydrogen-bond acceptors (Lipinski definition) is 3. The van der Waals surface area contributed by atoms with Crippen LogP contribution in [-0.2, 0) is 11.3 Å². The summed E-state index contributed by atoms with van der Waals surface area (Å²) in [5.74, 6) is 6.27. The Bertz CT molecular complexity index is 767. The summed E-state index contributed by atoms with van der Waals surface area (Å²) in [6.07, 6.45) is 1.91. The molecule has 2 aromatic rings. The second kappa shape index (κ2) is 9.07. The normalized spacial score (nSPS) is 15.0. The first-order chi connectivity index (χ1) is 12.7. The second-order valence-electron chi connectivity index (χ2n) is 6.49. The summed E-state index contributed by atoms with van der Waals surface area (Å²) >= 11 is 0. The highest BCUT2D eigenvalue weighted by Gasteiger charge is 2.20. The van der Waals surface area contributed by atoms with Crippen LogP contribution in [0.4, 0.5) is 0 Å². The molecule has 134 valence electrons. The van der Waals surface area contributed by atoms with Gasteiger partial charge in [-0.15, -0.1) is 0 Å². The minimum atomic E-state index is -0.192. The quantitative estimate of drug-likeness (QED) is 0.864. The number of nitrogens with zero attached hydrogens (tertiary/aromatic N) is 1. The molecule has 1 aliphatic heterocycles. The molecule has 3 rings (SSSR count). The summed E-state index contributed by atoms with van der Waals surface area (Å²) in [7, 11) is 1.68. The zero-order valence-corrected chi connectivity index (χ0v) is 15.1. The molecule has 0 saturated carbocycles. The molecule has 0 unspecified atom stereocenters. The number of piperidine rings is 1. The number of amides is 1. The third-order valence-electron chi connectivity index (χ3n) is 4.58. The fourth-order valence-electron chi connectivity index (χ4n) is 3.10. The van der Waals surface area contributed by atoms with E-state index in [2.05, 4.69) is 34.2 Å². The number of nitrogens with one attached hydrogen (secondary N) is 1. The Labute approximate surface area is 155 Å². The van der Waals surface area contributed by atoms with E-state index in [4.69, 9.17) is 4.74 Å². The SMILES string of the molecule is COc1ccc(CN2CCC(NC(=O)C#Cc3ccccc3)CC2)cc1. The lowest BCUT2D eigenvalue weighted by molar-refractivity contribution is -0.116. The number of ether oxygens (including phenoxy) is 1. The van der Waals surface area contributed by atoms with E-state index in [-0.39, 0.29) is 11.9 Å². The summed E-state index contributed by atoms with van der Waals surface area (Å²) in [5.41, 5.74) is 2.14. The average molecular weight is 348 g/mol. The molecule has 1 aliphatic rings. The van der Waals surface area contributed by atoms with Crippen LogP contribution >= 0.6 is 0 Å². The molecule has 0 spiro atoms. The summed E-state index contributed by atoms with van der Waals surface area (Å²) in [5, 5.41) is 3.03. The van der Waals surface area contributed by atoms with E-state index in [1.807, 2.05) is 42.5 Å². The van der Waals surface area contributed by atoms with Crippen LogP contribution in [0.15, 0.2) is 54.6 Å². The van der Waals surface area contributed by atoms with Crippen LogP contribution in [-0.4, -0.2) is 37.0 Å². The van der Waals surface area contributed by atoms with Crippen molar-refractivity contribution in [2.75, 3.05) is 20.2 Å². The van der Waals surface area contributed by atoms with Gasteiger partial charge in [-0.05, 0) is 42.7 Å². The number of methoxy groups -OCH3 is 1. The Morgan fingerprint density at radius 1 is 1.12 bits per heavy atom. The predicted molar refractivity (Wildman–Crippen MR) is 103 cm³/mol. The topological polar surface area (TPSA) is 41.6 Å². The Hall–Kier alpha value is -2.77. The largest absolute Gasteiger partial charge is 0.497 e. The maximum atomic E-state index is 12.0. The lowest BCUT2D eigenvalue weighted by Gasteiger charge is -2.32. The lowest BCUT2D eigenvalue weighted by atomic mass is 10.0. The first kappa shape index (κ1) is 18.0. The van der Waals surface area contributed by atoms with E-state index >= 15 is 0 Å². The smallest absolute Gasteiger partial charge is 0.296 e. The fraction of sp³-hybridized carbons (Fsp3) is 0.318. The highest BCUT2D eigenvalue weighted by atomic mass is 16.5. The molecule has 1 N–H and O–H groups in total.